The molecule has 0 bridgehead atoms. The molecule has 0 aromatic heterocycles. The zero-order valence-corrected chi connectivity index (χ0v) is 22.6. The second kappa shape index (κ2) is 18.5. The van der Waals surface area contributed by atoms with Crippen molar-refractivity contribution in [2.75, 3.05) is 0 Å². The fraction of sp³-hybridized carbons (Fsp3) is 0.200. The molecule has 7 heteroatoms. The van der Waals surface area contributed by atoms with Crippen molar-refractivity contribution in [1.29, 1.82) is 0 Å². The normalized spacial score (nSPS) is 9.16. The standard InChI is InChI=1S/3C10H10O2.V/c3*1-8(11)7-10(12)9-5-3-2-4-6-9;/h3*2-6H,7H2,1H3;. The predicted octanol–water partition coefficient (Wildman–Crippen LogP) is 5.54. The molecule has 0 amide bonds. The molecule has 0 heterocycles. The van der Waals surface area contributed by atoms with Crippen LogP contribution in [0.2, 0.25) is 0 Å². The Morgan fingerprint density at radius 1 is 0.405 bits per heavy atom. The van der Waals surface area contributed by atoms with Gasteiger partial charge in [-0.25, -0.2) is 0 Å². The van der Waals surface area contributed by atoms with Crippen molar-refractivity contribution in [1.82, 2.24) is 0 Å². The summed E-state index contributed by atoms with van der Waals surface area (Å²) in [7, 11) is 0. The molecule has 3 aromatic carbocycles. The van der Waals surface area contributed by atoms with Gasteiger partial charge in [0, 0.05) is 35.2 Å². The minimum Gasteiger partial charge on any atom is -0.300 e. The van der Waals surface area contributed by atoms with Gasteiger partial charge in [-0.2, -0.15) is 0 Å². The summed E-state index contributed by atoms with van der Waals surface area (Å²) < 4.78 is 0. The number of ketones is 6. The molecule has 0 saturated heterocycles. The van der Waals surface area contributed by atoms with Crippen LogP contribution >= 0.6 is 0 Å². The Hall–Kier alpha value is -3.74. The van der Waals surface area contributed by atoms with Gasteiger partial charge in [0.15, 0.2) is 17.3 Å². The van der Waals surface area contributed by atoms with Crippen LogP contribution in [0.1, 0.15) is 71.1 Å². The zero-order chi connectivity index (χ0) is 26.9. The molecular weight excluding hydrogens is 507 g/mol. The van der Waals surface area contributed by atoms with Crippen LogP contribution in [0.3, 0.4) is 0 Å². The van der Waals surface area contributed by atoms with Crippen LogP contribution in [0.5, 0.6) is 0 Å². The Bertz CT molecular complexity index is 1020. The summed E-state index contributed by atoms with van der Waals surface area (Å²) in [6, 6.07) is 26.5. The minimum absolute atomic E-state index is 0. The van der Waals surface area contributed by atoms with Gasteiger partial charge in [0.25, 0.3) is 0 Å². The van der Waals surface area contributed by atoms with E-state index in [0.29, 0.717) is 16.7 Å². The molecule has 0 aliphatic heterocycles. The summed E-state index contributed by atoms with van der Waals surface area (Å²) in [6.45, 7) is 4.25. The number of hydrogen-bond acceptors (Lipinski definition) is 6. The summed E-state index contributed by atoms with van der Waals surface area (Å²) in [6.07, 6.45) is 0.0119. The van der Waals surface area contributed by atoms with Crippen molar-refractivity contribution >= 4 is 34.7 Å². The van der Waals surface area contributed by atoms with Gasteiger partial charge in [-0.3, -0.25) is 28.8 Å². The predicted molar refractivity (Wildman–Crippen MR) is 138 cm³/mol. The molecule has 0 aliphatic rings. The molecule has 3 rings (SSSR count). The molecule has 6 nitrogen and oxygen atoms in total. The zero-order valence-electron chi connectivity index (χ0n) is 21.2. The molecule has 0 N–H and O–H groups in total. The summed E-state index contributed by atoms with van der Waals surface area (Å²) in [5.74, 6) is -0.606. The smallest absolute Gasteiger partial charge is 0.170 e. The first kappa shape index (κ1) is 33.3. The molecule has 37 heavy (non-hydrogen) atoms. The van der Waals surface area contributed by atoms with Gasteiger partial charge in [0.2, 0.25) is 0 Å². The van der Waals surface area contributed by atoms with Crippen LogP contribution in [-0.2, 0) is 32.9 Å². The van der Waals surface area contributed by atoms with E-state index >= 15 is 0 Å². The Kier molecular flexibility index (Phi) is 16.7. The second-order valence-electron chi connectivity index (χ2n) is 8.00. The number of carbonyl (C=O) groups is 6. The van der Waals surface area contributed by atoms with Crippen LogP contribution in [0, 0.1) is 0 Å². The van der Waals surface area contributed by atoms with Crippen molar-refractivity contribution in [2.24, 2.45) is 0 Å². The summed E-state index contributed by atoms with van der Waals surface area (Å²) in [5, 5.41) is 0. The van der Waals surface area contributed by atoms with Gasteiger partial charge in [-0.15, -0.1) is 0 Å². The Labute approximate surface area is 229 Å². The van der Waals surface area contributed by atoms with Crippen LogP contribution < -0.4 is 0 Å². The fourth-order valence-corrected chi connectivity index (χ4v) is 2.86. The molecular formula is C30H30O6V. The van der Waals surface area contributed by atoms with E-state index in [1.165, 1.54) is 20.8 Å². The van der Waals surface area contributed by atoms with Gasteiger partial charge >= 0.3 is 0 Å². The monoisotopic (exact) mass is 537 g/mol. The number of Topliss-reactive ketones (excluding diaryl/α,β-unsaturated/α-hetero) is 6. The third kappa shape index (κ3) is 15.1. The largest absolute Gasteiger partial charge is 0.300 e. The minimum atomic E-state index is -0.108. The van der Waals surface area contributed by atoms with Crippen LogP contribution in [0.25, 0.3) is 0 Å². The second-order valence-corrected chi connectivity index (χ2v) is 8.00. The maximum atomic E-state index is 11.2. The average molecular weight is 538 g/mol. The van der Waals surface area contributed by atoms with Crippen LogP contribution in [0.15, 0.2) is 91.0 Å². The quantitative estimate of drug-likeness (QED) is 0.262. The number of benzene rings is 3. The first-order chi connectivity index (χ1) is 17.1. The molecule has 0 aliphatic carbocycles. The molecule has 0 fully saturated rings. The van der Waals surface area contributed by atoms with E-state index in [-0.39, 0.29) is 72.5 Å². The van der Waals surface area contributed by atoms with E-state index in [0.717, 1.165) is 0 Å². The molecule has 3 aromatic rings. The first-order valence-electron chi connectivity index (χ1n) is 11.3. The van der Waals surface area contributed by atoms with E-state index in [1.807, 2.05) is 18.2 Å². The van der Waals surface area contributed by atoms with Crippen LogP contribution in [0.4, 0.5) is 0 Å². The maximum Gasteiger partial charge on any atom is 0.170 e. The van der Waals surface area contributed by atoms with Crippen LogP contribution in [-0.4, -0.2) is 34.7 Å². The molecule has 0 atom stereocenters. The van der Waals surface area contributed by atoms with E-state index in [2.05, 4.69) is 0 Å². The fourth-order valence-electron chi connectivity index (χ4n) is 2.86. The van der Waals surface area contributed by atoms with E-state index in [1.54, 1.807) is 72.8 Å². The summed E-state index contributed by atoms with van der Waals surface area (Å²) >= 11 is 0. The Balaban J connectivity index is 0.000000518. The van der Waals surface area contributed by atoms with Gasteiger partial charge in [0.05, 0.1) is 19.3 Å². The van der Waals surface area contributed by atoms with Gasteiger partial charge in [-0.05, 0) is 20.8 Å². The molecule has 0 unspecified atom stereocenters. The first-order valence-corrected chi connectivity index (χ1v) is 11.3. The molecule has 1 radical (unpaired) electrons. The van der Waals surface area contributed by atoms with Gasteiger partial charge in [0.1, 0.15) is 17.3 Å². The van der Waals surface area contributed by atoms with Crippen molar-refractivity contribution in [3.63, 3.8) is 0 Å². The Morgan fingerprint density at radius 2 is 0.595 bits per heavy atom. The van der Waals surface area contributed by atoms with Crippen molar-refractivity contribution in [3.8, 4) is 0 Å². The SMILES string of the molecule is CC(=O)CC(=O)c1ccccc1.CC(=O)CC(=O)c1ccccc1.CC(=O)CC(=O)c1ccccc1.[V]. The van der Waals surface area contributed by atoms with E-state index < -0.39 is 0 Å². The van der Waals surface area contributed by atoms with Gasteiger partial charge < -0.3 is 0 Å². The Morgan fingerprint density at radius 3 is 0.757 bits per heavy atom. The summed E-state index contributed by atoms with van der Waals surface area (Å²) in [4.78, 5) is 65.5. The van der Waals surface area contributed by atoms with E-state index in [9.17, 15) is 28.8 Å². The third-order valence-electron chi connectivity index (χ3n) is 4.52. The number of carbonyl (C=O) groups excluding carboxylic acids is 6. The molecule has 0 saturated carbocycles. The number of rotatable bonds is 9. The molecule has 0 spiro atoms. The van der Waals surface area contributed by atoms with Gasteiger partial charge in [-0.1, -0.05) is 91.0 Å². The average Bonchev–Trinajstić information content (AvgIpc) is 2.85. The number of hydrogen-bond donors (Lipinski definition) is 0. The molecule has 191 valence electrons. The van der Waals surface area contributed by atoms with Crippen molar-refractivity contribution < 1.29 is 47.3 Å². The van der Waals surface area contributed by atoms with Crippen molar-refractivity contribution in [2.45, 2.75) is 40.0 Å². The van der Waals surface area contributed by atoms with Crippen molar-refractivity contribution in [3.05, 3.63) is 108 Å². The summed E-state index contributed by atoms with van der Waals surface area (Å²) in [5.41, 5.74) is 1.81. The van der Waals surface area contributed by atoms with E-state index in [4.69, 9.17) is 0 Å². The maximum absolute atomic E-state index is 11.2. The topological polar surface area (TPSA) is 102 Å². The third-order valence-corrected chi connectivity index (χ3v) is 4.52.